The van der Waals surface area contributed by atoms with E-state index in [1.54, 1.807) is 0 Å². The van der Waals surface area contributed by atoms with Gasteiger partial charge >= 0.3 is 0 Å². The largest absolute Gasteiger partial charge is 0.334 e. The van der Waals surface area contributed by atoms with Crippen LogP contribution in [-0.2, 0) is 43.3 Å². The fraction of sp³-hybridized carbons (Fsp3) is 0.462. The topological polar surface area (TPSA) is 9.72 Å². The van der Waals surface area contributed by atoms with Gasteiger partial charge in [0.05, 0.1) is 5.54 Å². The lowest BCUT2D eigenvalue weighted by atomic mass is 9.33. The van der Waals surface area contributed by atoms with E-state index < -0.39 is 0 Å². The van der Waals surface area contributed by atoms with Gasteiger partial charge in [-0.2, -0.15) is 0 Å². The molecule has 13 rings (SSSR count). The second kappa shape index (κ2) is 17.8. The molecule has 3 aliphatic carbocycles. The van der Waals surface area contributed by atoms with Crippen molar-refractivity contribution in [2.75, 3.05) is 14.7 Å². The lowest BCUT2D eigenvalue weighted by Crippen LogP contribution is -2.62. The Morgan fingerprint density at radius 1 is 0.354 bits per heavy atom. The Balaban J connectivity index is 1.16. The summed E-state index contributed by atoms with van der Waals surface area (Å²) in [4.78, 5) is 8.37. The van der Waals surface area contributed by atoms with Gasteiger partial charge in [-0.25, -0.2) is 0 Å². The number of benzene rings is 7. The van der Waals surface area contributed by atoms with Crippen molar-refractivity contribution in [3.05, 3.63) is 172 Å². The zero-order valence-corrected chi connectivity index (χ0v) is 53.7. The number of rotatable bonds is 4. The lowest BCUT2D eigenvalue weighted by Gasteiger charge is -2.51. The minimum absolute atomic E-state index is 0.00383. The Kier molecular flexibility index (Phi) is 12.0. The molecule has 0 radical (unpaired) electrons. The molecular formula is C78H94BN3. The van der Waals surface area contributed by atoms with E-state index in [1.165, 1.54) is 156 Å². The van der Waals surface area contributed by atoms with Crippen LogP contribution in [0.4, 0.5) is 45.5 Å². The smallest absolute Gasteiger partial charge is 0.252 e. The number of hydrogen-bond donors (Lipinski definition) is 0. The van der Waals surface area contributed by atoms with Gasteiger partial charge in [0.1, 0.15) is 0 Å². The Morgan fingerprint density at radius 3 is 1.48 bits per heavy atom. The van der Waals surface area contributed by atoms with E-state index in [9.17, 15) is 0 Å². The summed E-state index contributed by atoms with van der Waals surface area (Å²) >= 11 is 0. The summed E-state index contributed by atoms with van der Waals surface area (Å²) < 4.78 is 0. The second-order valence-corrected chi connectivity index (χ2v) is 32.8. The summed E-state index contributed by atoms with van der Waals surface area (Å²) in [5, 5.41) is 0. The van der Waals surface area contributed by atoms with Crippen molar-refractivity contribution in [1.29, 1.82) is 0 Å². The summed E-state index contributed by atoms with van der Waals surface area (Å²) in [6, 6.07) is 52.6. The van der Waals surface area contributed by atoms with Crippen molar-refractivity contribution in [2.45, 2.75) is 232 Å². The third-order valence-electron chi connectivity index (χ3n) is 22.4. The quantitative estimate of drug-likeness (QED) is 0.163. The normalized spacial score (nSPS) is 22.6. The summed E-state index contributed by atoms with van der Waals surface area (Å²) in [7, 11) is 0. The van der Waals surface area contributed by atoms with E-state index in [1.807, 2.05) is 0 Å². The van der Waals surface area contributed by atoms with Gasteiger partial charge in [-0.05, 0) is 216 Å². The van der Waals surface area contributed by atoms with E-state index in [2.05, 4.69) is 274 Å². The molecule has 4 heteroatoms. The van der Waals surface area contributed by atoms with Crippen molar-refractivity contribution in [1.82, 2.24) is 0 Å². The van der Waals surface area contributed by atoms with Crippen LogP contribution < -0.4 is 31.1 Å². The van der Waals surface area contributed by atoms with Gasteiger partial charge in [-0.15, -0.1) is 0 Å². The molecule has 7 aromatic rings. The Bertz CT molecular complexity index is 3770. The van der Waals surface area contributed by atoms with Crippen LogP contribution in [0, 0.1) is 0 Å². The first-order valence-corrected chi connectivity index (χ1v) is 31.7. The zero-order valence-electron chi connectivity index (χ0n) is 53.7. The molecular weight excluding hydrogens is 990 g/mol. The maximum absolute atomic E-state index is 2.87. The van der Waals surface area contributed by atoms with Gasteiger partial charge in [0.25, 0.3) is 6.71 Å². The molecule has 0 bridgehead atoms. The van der Waals surface area contributed by atoms with E-state index in [0.29, 0.717) is 0 Å². The molecule has 0 N–H and O–H groups in total. The van der Waals surface area contributed by atoms with Crippen LogP contribution in [0.3, 0.4) is 0 Å². The number of hydrogen-bond acceptors (Lipinski definition) is 3. The molecule has 82 heavy (non-hydrogen) atoms. The maximum Gasteiger partial charge on any atom is 0.252 e. The fourth-order valence-electron chi connectivity index (χ4n) is 16.5. The van der Waals surface area contributed by atoms with Crippen molar-refractivity contribution in [3.8, 4) is 11.1 Å². The van der Waals surface area contributed by atoms with Crippen LogP contribution in [0.2, 0.25) is 0 Å². The van der Waals surface area contributed by atoms with Crippen molar-refractivity contribution < 1.29 is 0 Å². The molecule has 0 saturated heterocycles. The number of anilines is 8. The van der Waals surface area contributed by atoms with Gasteiger partial charge in [-0.3, -0.25) is 0 Å². The molecule has 3 heterocycles. The highest BCUT2D eigenvalue weighted by Crippen LogP contribution is 2.63. The second-order valence-electron chi connectivity index (χ2n) is 32.8. The summed E-state index contributed by atoms with van der Waals surface area (Å²) in [5.74, 6) is 0. The lowest BCUT2D eigenvalue weighted by molar-refractivity contribution is 0.195. The third kappa shape index (κ3) is 8.22. The molecule has 0 aromatic heterocycles. The minimum atomic E-state index is -0.181. The van der Waals surface area contributed by atoms with Crippen LogP contribution in [0.5, 0.6) is 0 Å². The summed E-state index contributed by atoms with van der Waals surface area (Å²) in [6.07, 6.45) is 9.42. The molecule has 0 spiro atoms. The molecule has 3 aliphatic heterocycles. The van der Waals surface area contributed by atoms with Crippen LogP contribution >= 0.6 is 0 Å². The molecule has 7 aromatic carbocycles. The highest BCUT2D eigenvalue weighted by atomic mass is 15.3. The fourth-order valence-corrected chi connectivity index (χ4v) is 16.5. The standard InChI is InChI=1S/C78H94BN3/c1-70(2,3)51-28-25-49(26-29-51)50-27-34-64-61(41-50)77(18)35-20-21-36-78(77,19)82(64)56-45-67-69-68(46-56)81(55-31-32-57-58(44-55)74(12,13)38-37-73(57,10)11)66-48-60-59(75(14,15)39-40-76(60,16)17)47-63(66)79(69)62-33-30-53(72(7,8)9)43-65(62)80(67)54-24-22-23-52(42-54)71(4,5)6/h22-34,41-48H,20-21,35-40H2,1-19H3. The molecule has 424 valence electrons. The van der Waals surface area contributed by atoms with Crippen LogP contribution in [0.25, 0.3) is 11.1 Å². The molecule has 1 fully saturated rings. The van der Waals surface area contributed by atoms with E-state index in [4.69, 9.17) is 0 Å². The SMILES string of the molecule is CC(C)(C)c1ccc(-c2ccc3c(c2)C2(C)CCCCC2(C)N3c2cc3c4c(c2)N(c2ccc5c(c2)C(C)(C)CCC5(C)C)c2cc5c(cc2B4c2ccc(C(C)(C)C)cc2N3c2cccc(C(C)(C)C)c2)C(C)(C)CCC5(C)C)cc1. The average molecular weight is 1080 g/mol. The Labute approximate surface area is 495 Å². The van der Waals surface area contributed by atoms with Crippen LogP contribution in [-0.4, -0.2) is 12.3 Å². The van der Waals surface area contributed by atoms with Gasteiger partial charge in [-0.1, -0.05) is 204 Å². The molecule has 3 nitrogen and oxygen atoms in total. The van der Waals surface area contributed by atoms with Crippen LogP contribution in [0.1, 0.15) is 227 Å². The van der Waals surface area contributed by atoms with Gasteiger partial charge in [0, 0.05) is 50.9 Å². The third-order valence-corrected chi connectivity index (χ3v) is 22.4. The van der Waals surface area contributed by atoms with Gasteiger partial charge in [0.2, 0.25) is 0 Å². The predicted molar refractivity (Wildman–Crippen MR) is 355 cm³/mol. The number of nitrogens with zero attached hydrogens (tertiary/aromatic N) is 3. The minimum Gasteiger partial charge on any atom is -0.334 e. The summed E-state index contributed by atoms with van der Waals surface area (Å²) in [5.41, 5.74) is 28.7. The highest BCUT2D eigenvalue weighted by Gasteiger charge is 2.58. The molecule has 2 unspecified atom stereocenters. The number of fused-ring (bicyclic) bond motifs is 9. The van der Waals surface area contributed by atoms with Crippen molar-refractivity contribution in [2.24, 2.45) is 0 Å². The summed E-state index contributed by atoms with van der Waals surface area (Å²) in [6.45, 7) is 46.5. The first-order valence-electron chi connectivity index (χ1n) is 31.7. The van der Waals surface area contributed by atoms with E-state index in [-0.39, 0.29) is 55.6 Å². The molecule has 2 atom stereocenters. The van der Waals surface area contributed by atoms with Gasteiger partial charge in [0.15, 0.2) is 0 Å². The highest BCUT2D eigenvalue weighted by molar-refractivity contribution is 7.00. The average Bonchev–Trinajstić information content (AvgIpc) is 1.80. The van der Waals surface area contributed by atoms with E-state index >= 15 is 0 Å². The van der Waals surface area contributed by atoms with Crippen molar-refractivity contribution >= 4 is 68.6 Å². The predicted octanol–water partition coefficient (Wildman–Crippen LogP) is 19.8. The van der Waals surface area contributed by atoms with Gasteiger partial charge < -0.3 is 14.7 Å². The molecule has 1 saturated carbocycles. The van der Waals surface area contributed by atoms with Crippen LogP contribution in [0.15, 0.2) is 127 Å². The molecule has 6 aliphatic rings. The van der Waals surface area contributed by atoms with E-state index in [0.717, 1.165) is 12.8 Å². The monoisotopic (exact) mass is 1080 g/mol. The Hall–Kier alpha value is -6.00. The molecule has 0 amide bonds. The first-order chi connectivity index (χ1) is 38.2. The first kappa shape index (κ1) is 55.2. The maximum atomic E-state index is 2.87. The van der Waals surface area contributed by atoms with Crippen molar-refractivity contribution in [3.63, 3.8) is 0 Å². The zero-order chi connectivity index (χ0) is 58.4. The Morgan fingerprint density at radius 2 is 0.866 bits per heavy atom.